The maximum absolute atomic E-state index is 10.4. The van der Waals surface area contributed by atoms with Crippen molar-refractivity contribution < 1.29 is 10.0 Å². The summed E-state index contributed by atoms with van der Waals surface area (Å²) in [4.78, 5) is 13.9. The van der Waals surface area contributed by atoms with Crippen molar-refractivity contribution >= 4 is 11.5 Å². The third-order valence-corrected chi connectivity index (χ3v) is 2.37. The zero-order valence-electron chi connectivity index (χ0n) is 9.41. The Hall–Kier alpha value is -2.63. The molecule has 0 amide bonds. The first kappa shape index (κ1) is 11.8. The first-order valence-electron chi connectivity index (χ1n) is 5.27. The van der Waals surface area contributed by atoms with E-state index >= 15 is 0 Å². The Labute approximate surface area is 103 Å². The van der Waals surface area contributed by atoms with E-state index in [1.54, 1.807) is 30.3 Å². The van der Waals surface area contributed by atoms with Crippen LogP contribution in [0.25, 0.3) is 0 Å². The molecule has 1 aromatic carbocycles. The predicted molar refractivity (Wildman–Crippen MR) is 66.3 cm³/mol. The third-order valence-electron chi connectivity index (χ3n) is 2.37. The highest BCUT2D eigenvalue weighted by Crippen LogP contribution is 2.14. The quantitative estimate of drug-likeness (QED) is 0.637. The van der Waals surface area contributed by atoms with Crippen molar-refractivity contribution in [1.82, 2.24) is 4.98 Å². The summed E-state index contributed by atoms with van der Waals surface area (Å²) >= 11 is 0. The molecule has 0 radical (unpaired) electrons. The van der Waals surface area contributed by atoms with Gasteiger partial charge in [-0.1, -0.05) is 12.1 Å². The van der Waals surface area contributed by atoms with Crippen LogP contribution in [0.4, 0.5) is 11.5 Å². The first-order valence-corrected chi connectivity index (χ1v) is 5.27. The first-order chi connectivity index (χ1) is 8.65. The molecule has 0 aliphatic heterocycles. The zero-order valence-corrected chi connectivity index (χ0v) is 9.41. The SMILES string of the molecule is O=[N+]([O-])c1ccc(NCc2ccc(O)cc2)nc1. The Morgan fingerprint density at radius 2 is 1.94 bits per heavy atom. The van der Waals surface area contributed by atoms with Crippen LogP contribution in [0.15, 0.2) is 42.6 Å². The topological polar surface area (TPSA) is 88.3 Å². The summed E-state index contributed by atoms with van der Waals surface area (Å²) in [6.45, 7) is 0.533. The molecule has 0 saturated heterocycles. The van der Waals surface area contributed by atoms with Gasteiger partial charge in [-0.15, -0.1) is 0 Å². The molecule has 0 fully saturated rings. The average molecular weight is 245 g/mol. The second kappa shape index (κ2) is 5.13. The molecule has 92 valence electrons. The van der Waals surface area contributed by atoms with Gasteiger partial charge in [0.2, 0.25) is 0 Å². The van der Waals surface area contributed by atoms with Crippen LogP contribution >= 0.6 is 0 Å². The molecule has 0 saturated carbocycles. The number of nitrogens with zero attached hydrogens (tertiary/aromatic N) is 2. The molecule has 0 aliphatic rings. The second-order valence-corrected chi connectivity index (χ2v) is 3.68. The third kappa shape index (κ3) is 2.94. The van der Waals surface area contributed by atoms with Gasteiger partial charge in [-0.2, -0.15) is 0 Å². The number of rotatable bonds is 4. The molecule has 6 nitrogen and oxygen atoms in total. The Balaban J connectivity index is 1.97. The number of aromatic nitrogens is 1. The number of nitro groups is 1. The van der Waals surface area contributed by atoms with E-state index in [9.17, 15) is 10.1 Å². The van der Waals surface area contributed by atoms with Gasteiger partial charge in [0.05, 0.1) is 4.92 Å². The van der Waals surface area contributed by atoms with Crippen molar-refractivity contribution in [1.29, 1.82) is 0 Å². The molecule has 6 heteroatoms. The summed E-state index contributed by atoms with van der Waals surface area (Å²) in [7, 11) is 0. The molecular formula is C12H11N3O3. The molecule has 0 atom stereocenters. The van der Waals surface area contributed by atoms with Crippen LogP contribution in [0.1, 0.15) is 5.56 Å². The number of phenolic OH excluding ortho intramolecular Hbond substituents is 1. The van der Waals surface area contributed by atoms with Crippen LogP contribution < -0.4 is 5.32 Å². The fraction of sp³-hybridized carbons (Fsp3) is 0.0833. The van der Waals surface area contributed by atoms with E-state index in [4.69, 9.17) is 5.11 Å². The van der Waals surface area contributed by atoms with Gasteiger partial charge in [0.15, 0.2) is 0 Å². The van der Waals surface area contributed by atoms with Crippen molar-refractivity contribution in [2.24, 2.45) is 0 Å². The van der Waals surface area contributed by atoms with E-state index in [1.165, 1.54) is 12.3 Å². The van der Waals surface area contributed by atoms with Gasteiger partial charge < -0.3 is 10.4 Å². The number of anilines is 1. The molecule has 2 aromatic rings. The Morgan fingerprint density at radius 1 is 1.22 bits per heavy atom. The lowest BCUT2D eigenvalue weighted by Crippen LogP contribution is -2.01. The van der Waals surface area contributed by atoms with E-state index in [1.807, 2.05) is 0 Å². The molecule has 0 aliphatic carbocycles. The number of phenols is 1. The van der Waals surface area contributed by atoms with Gasteiger partial charge in [0.1, 0.15) is 17.8 Å². The van der Waals surface area contributed by atoms with Crippen LogP contribution in [0.5, 0.6) is 5.75 Å². The van der Waals surface area contributed by atoms with Crippen molar-refractivity contribution in [3.05, 3.63) is 58.3 Å². The fourth-order valence-electron chi connectivity index (χ4n) is 1.41. The lowest BCUT2D eigenvalue weighted by molar-refractivity contribution is -0.385. The molecule has 0 spiro atoms. The number of benzene rings is 1. The van der Waals surface area contributed by atoms with Gasteiger partial charge in [-0.3, -0.25) is 10.1 Å². The minimum Gasteiger partial charge on any atom is -0.508 e. The molecule has 1 heterocycles. The Bertz CT molecular complexity index is 537. The standard InChI is InChI=1S/C12H11N3O3/c16-11-4-1-9(2-5-11)7-13-12-6-3-10(8-14-12)15(17)18/h1-6,8,16H,7H2,(H,13,14). The van der Waals surface area contributed by atoms with E-state index in [0.29, 0.717) is 12.4 Å². The average Bonchev–Trinajstić information content (AvgIpc) is 2.38. The van der Waals surface area contributed by atoms with Gasteiger partial charge in [-0.25, -0.2) is 4.98 Å². The molecule has 0 bridgehead atoms. The van der Waals surface area contributed by atoms with Gasteiger partial charge in [0, 0.05) is 12.6 Å². The maximum Gasteiger partial charge on any atom is 0.287 e. The van der Waals surface area contributed by atoms with Gasteiger partial charge in [0.25, 0.3) is 5.69 Å². The molecule has 18 heavy (non-hydrogen) atoms. The Morgan fingerprint density at radius 3 is 2.50 bits per heavy atom. The van der Waals surface area contributed by atoms with Crippen molar-refractivity contribution in [2.75, 3.05) is 5.32 Å². The summed E-state index contributed by atoms with van der Waals surface area (Å²) in [5, 5.41) is 22.6. The minimum atomic E-state index is -0.489. The lowest BCUT2D eigenvalue weighted by Gasteiger charge is -2.05. The highest BCUT2D eigenvalue weighted by atomic mass is 16.6. The van der Waals surface area contributed by atoms with Crippen LogP contribution in [-0.4, -0.2) is 15.0 Å². The summed E-state index contributed by atoms with van der Waals surface area (Å²) in [6, 6.07) is 9.71. The number of aromatic hydroxyl groups is 1. The summed E-state index contributed by atoms with van der Waals surface area (Å²) in [5.41, 5.74) is 0.943. The van der Waals surface area contributed by atoms with Crippen LogP contribution in [0.3, 0.4) is 0 Å². The maximum atomic E-state index is 10.4. The number of hydrogen-bond donors (Lipinski definition) is 2. The fourth-order valence-corrected chi connectivity index (χ4v) is 1.41. The number of hydrogen-bond acceptors (Lipinski definition) is 5. The minimum absolute atomic E-state index is 0.0369. The van der Waals surface area contributed by atoms with E-state index in [-0.39, 0.29) is 11.4 Å². The summed E-state index contributed by atoms with van der Waals surface area (Å²) in [6.07, 6.45) is 1.21. The smallest absolute Gasteiger partial charge is 0.287 e. The van der Waals surface area contributed by atoms with E-state index in [0.717, 1.165) is 5.56 Å². The predicted octanol–water partition coefficient (Wildman–Crippen LogP) is 2.31. The second-order valence-electron chi connectivity index (χ2n) is 3.68. The molecule has 2 rings (SSSR count). The number of pyridine rings is 1. The molecular weight excluding hydrogens is 234 g/mol. The highest BCUT2D eigenvalue weighted by Gasteiger charge is 2.04. The highest BCUT2D eigenvalue weighted by molar-refractivity contribution is 5.41. The van der Waals surface area contributed by atoms with Crippen molar-refractivity contribution in [3.63, 3.8) is 0 Å². The van der Waals surface area contributed by atoms with Crippen molar-refractivity contribution in [2.45, 2.75) is 6.54 Å². The molecule has 1 aromatic heterocycles. The van der Waals surface area contributed by atoms with Gasteiger partial charge >= 0.3 is 0 Å². The molecule has 2 N–H and O–H groups in total. The van der Waals surface area contributed by atoms with E-state index < -0.39 is 4.92 Å². The van der Waals surface area contributed by atoms with E-state index in [2.05, 4.69) is 10.3 Å². The van der Waals surface area contributed by atoms with Crippen LogP contribution in [0, 0.1) is 10.1 Å². The van der Waals surface area contributed by atoms with Gasteiger partial charge in [-0.05, 0) is 23.8 Å². The van der Waals surface area contributed by atoms with Crippen LogP contribution in [-0.2, 0) is 6.54 Å². The zero-order chi connectivity index (χ0) is 13.0. The Kier molecular flexibility index (Phi) is 3.38. The largest absolute Gasteiger partial charge is 0.508 e. The van der Waals surface area contributed by atoms with Crippen LogP contribution in [0.2, 0.25) is 0 Å². The normalized spacial score (nSPS) is 10.0. The van der Waals surface area contributed by atoms with Crippen molar-refractivity contribution in [3.8, 4) is 5.75 Å². The summed E-state index contributed by atoms with van der Waals surface area (Å²) < 4.78 is 0. The number of nitrogens with one attached hydrogen (secondary N) is 1. The summed E-state index contributed by atoms with van der Waals surface area (Å²) in [5.74, 6) is 0.779. The molecule has 0 unspecified atom stereocenters. The lowest BCUT2D eigenvalue weighted by atomic mass is 10.2. The monoisotopic (exact) mass is 245 g/mol.